The number of hydrogen-bond acceptors (Lipinski definition) is 4. The zero-order chi connectivity index (χ0) is 15.2. The number of rotatable bonds is 6. The standard InChI is InChI=1S/C16H19ClN2O2/c1-4-21-13-6-5-12(9-14(13)20-3)10-19-15-11(2)7-8-18-16(15)17/h5-9,19H,4,10H2,1-3H3. The molecule has 1 heterocycles. The lowest BCUT2D eigenvalue weighted by Crippen LogP contribution is -2.03. The number of halogens is 1. The van der Waals surface area contributed by atoms with Crippen molar-refractivity contribution in [2.45, 2.75) is 20.4 Å². The van der Waals surface area contributed by atoms with Gasteiger partial charge in [0, 0.05) is 12.7 Å². The van der Waals surface area contributed by atoms with Crippen LogP contribution in [0.5, 0.6) is 11.5 Å². The molecule has 0 saturated heterocycles. The first kappa shape index (κ1) is 15.4. The molecular weight excluding hydrogens is 288 g/mol. The second-order valence-corrected chi connectivity index (χ2v) is 4.92. The molecule has 4 nitrogen and oxygen atoms in total. The number of anilines is 1. The maximum absolute atomic E-state index is 6.10. The molecule has 1 N–H and O–H groups in total. The van der Waals surface area contributed by atoms with Crippen LogP contribution in [-0.4, -0.2) is 18.7 Å². The quantitative estimate of drug-likeness (QED) is 0.817. The van der Waals surface area contributed by atoms with Gasteiger partial charge in [-0.15, -0.1) is 0 Å². The summed E-state index contributed by atoms with van der Waals surface area (Å²) in [4.78, 5) is 4.08. The monoisotopic (exact) mass is 306 g/mol. The minimum atomic E-state index is 0.480. The molecule has 5 heteroatoms. The Morgan fingerprint density at radius 2 is 2.05 bits per heavy atom. The number of ether oxygens (including phenoxy) is 2. The van der Waals surface area contributed by atoms with E-state index in [1.165, 1.54) is 0 Å². The van der Waals surface area contributed by atoms with Gasteiger partial charge in [0.1, 0.15) is 0 Å². The van der Waals surface area contributed by atoms with Crippen molar-refractivity contribution in [3.8, 4) is 11.5 Å². The number of nitrogens with one attached hydrogen (secondary N) is 1. The summed E-state index contributed by atoms with van der Waals surface area (Å²) in [7, 11) is 1.64. The van der Waals surface area contributed by atoms with Gasteiger partial charge >= 0.3 is 0 Å². The average Bonchev–Trinajstić information content (AvgIpc) is 2.48. The first-order valence-corrected chi connectivity index (χ1v) is 7.18. The predicted molar refractivity (Wildman–Crippen MR) is 85.5 cm³/mol. The van der Waals surface area contributed by atoms with Crippen molar-refractivity contribution in [2.75, 3.05) is 19.0 Å². The highest BCUT2D eigenvalue weighted by atomic mass is 35.5. The first-order chi connectivity index (χ1) is 10.2. The molecule has 0 saturated carbocycles. The molecule has 0 fully saturated rings. The smallest absolute Gasteiger partial charge is 0.161 e. The van der Waals surface area contributed by atoms with Crippen molar-refractivity contribution in [3.05, 3.63) is 46.7 Å². The van der Waals surface area contributed by atoms with Crippen LogP contribution in [0.1, 0.15) is 18.1 Å². The largest absolute Gasteiger partial charge is 0.493 e. The molecule has 0 radical (unpaired) electrons. The Labute approximate surface area is 130 Å². The molecule has 0 amide bonds. The van der Waals surface area contributed by atoms with Gasteiger partial charge in [-0.05, 0) is 43.2 Å². The van der Waals surface area contributed by atoms with Gasteiger partial charge in [0.25, 0.3) is 0 Å². The van der Waals surface area contributed by atoms with Gasteiger partial charge in [-0.1, -0.05) is 17.7 Å². The molecule has 1 aromatic carbocycles. The number of nitrogens with zero attached hydrogens (tertiary/aromatic N) is 1. The van der Waals surface area contributed by atoms with Crippen molar-refractivity contribution in [3.63, 3.8) is 0 Å². The van der Waals surface area contributed by atoms with Crippen LogP contribution in [0.2, 0.25) is 5.15 Å². The Morgan fingerprint density at radius 1 is 1.24 bits per heavy atom. The molecule has 0 unspecified atom stereocenters. The van der Waals surface area contributed by atoms with Crippen LogP contribution in [0, 0.1) is 6.92 Å². The van der Waals surface area contributed by atoms with Gasteiger partial charge in [0.05, 0.1) is 19.4 Å². The van der Waals surface area contributed by atoms with Gasteiger partial charge in [0.15, 0.2) is 16.7 Å². The van der Waals surface area contributed by atoms with Crippen molar-refractivity contribution in [1.29, 1.82) is 0 Å². The van der Waals surface area contributed by atoms with E-state index in [1.807, 2.05) is 38.1 Å². The summed E-state index contributed by atoms with van der Waals surface area (Å²) in [6.07, 6.45) is 1.70. The fourth-order valence-corrected chi connectivity index (χ4v) is 2.30. The fraction of sp³-hybridized carbons (Fsp3) is 0.312. The van der Waals surface area contributed by atoms with Gasteiger partial charge in [0.2, 0.25) is 0 Å². The van der Waals surface area contributed by atoms with Gasteiger partial charge in [-0.25, -0.2) is 4.98 Å². The van der Waals surface area contributed by atoms with Crippen LogP contribution in [0.4, 0.5) is 5.69 Å². The van der Waals surface area contributed by atoms with E-state index in [9.17, 15) is 0 Å². The number of aryl methyl sites for hydroxylation is 1. The third kappa shape index (κ3) is 3.79. The van der Waals surface area contributed by atoms with E-state index in [-0.39, 0.29) is 0 Å². The lowest BCUT2D eigenvalue weighted by atomic mass is 10.2. The Morgan fingerprint density at radius 3 is 2.71 bits per heavy atom. The van der Waals surface area contributed by atoms with Crippen molar-refractivity contribution < 1.29 is 9.47 Å². The molecule has 0 atom stereocenters. The summed E-state index contributed by atoms with van der Waals surface area (Å²) < 4.78 is 10.9. The Balaban J connectivity index is 2.13. The first-order valence-electron chi connectivity index (χ1n) is 6.80. The average molecular weight is 307 g/mol. The van der Waals surface area contributed by atoms with E-state index in [0.717, 1.165) is 28.3 Å². The molecule has 0 aliphatic rings. The minimum absolute atomic E-state index is 0.480. The lowest BCUT2D eigenvalue weighted by Gasteiger charge is -2.13. The van der Waals surface area contributed by atoms with Crippen LogP contribution in [0.15, 0.2) is 30.5 Å². The zero-order valence-corrected chi connectivity index (χ0v) is 13.2. The number of pyridine rings is 1. The van der Waals surface area contributed by atoms with Crippen LogP contribution >= 0.6 is 11.6 Å². The third-order valence-electron chi connectivity index (χ3n) is 3.11. The summed E-state index contributed by atoms with van der Waals surface area (Å²) in [6.45, 7) is 5.18. The number of methoxy groups -OCH3 is 1. The Kier molecular flexibility index (Phi) is 5.28. The lowest BCUT2D eigenvalue weighted by molar-refractivity contribution is 0.310. The van der Waals surface area contributed by atoms with Gasteiger partial charge in [-0.2, -0.15) is 0 Å². The predicted octanol–water partition coefficient (Wildman–Crippen LogP) is 4.06. The van der Waals surface area contributed by atoms with E-state index in [2.05, 4.69) is 10.3 Å². The van der Waals surface area contributed by atoms with Gasteiger partial charge in [-0.3, -0.25) is 0 Å². The highest BCUT2D eigenvalue weighted by molar-refractivity contribution is 6.32. The number of hydrogen-bond donors (Lipinski definition) is 1. The van der Waals surface area contributed by atoms with E-state index in [1.54, 1.807) is 13.3 Å². The summed E-state index contributed by atoms with van der Waals surface area (Å²) in [5.74, 6) is 1.48. The Bertz CT molecular complexity index is 597. The van der Waals surface area contributed by atoms with Gasteiger partial charge < -0.3 is 14.8 Å². The zero-order valence-electron chi connectivity index (χ0n) is 12.4. The topological polar surface area (TPSA) is 43.4 Å². The van der Waals surface area contributed by atoms with Crippen molar-refractivity contribution in [2.24, 2.45) is 0 Å². The summed E-state index contributed by atoms with van der Waals surface area (Å²) in [5.41, 5.74) is 2.99. The van der Waals surface area contributed by atoms with E-state index in [0.29, 0.717) is 18.3 Å². The van der Waals surface area contributed by atoms with Crippen LogP contribution in [0.25, 0.3) is 0 Å². The molecule has 0 aliphatic heterocycles. The normalized spacial score (nSPS) is 10.3. The minimum Gasteiger partial charge on any atom is -0.493 e. The fourth-order valence-electron chi connectivity index (χ4n) is 2.02. The second-order valence-electron chi connectivity index (χ2n) is 4.57. The van der Waals surface area contributed by atoms with Crippen LogP contribution in [-0.2, 0) is 6.54 Å². The maximum atomic E-state index is 6.10. The summed E-state index contributed by atoms with van der Waals surface area (Å²) >= 11 is 6.10. The van der Waals surface area contributed by atoms with E-state index >= 15 is 0 Å². The van der Waals surface area contributed by atoms with E-state index < -0.39 is 0 Å². The van der Waals surface area contributed by atoms with Crippen LogP contribution < -0.4 is 14.8 Å². The molecule has 1 aromatic heterocycles. The molecule has 0 spiro atoms. The third-order valence-corrected chi connectivity index (χ3v) is 3.40. The Hall–Kier alpha value is -1.94. The number of benzene rings is 1. The molecule has 21 heavy (non-hydrogen) atoms. The molecule has 2 aromatic rings. The number of aromatic nitrogens is 1. The van der Waals surface area contributed by atoms with Crippen molar-refractivity contribution >= 4 is 17.3 Å². The highest BCUT2D eigenvalue weighted by Gasteiger charge is 2.07. The summed E-state index contributed by atoms with van der Waals surface area (Å²) in [6, 6.07) is 7.79. The molecule has 0 bridgehead atoms. The molecule has 112 valence electrons. The SMILES string of the molecule is CCOc1ccc(CNc2c(C)ccnc2Cl)cc1OC. The van der Waals surface area contributed by atoms with E-state index in [4.69, 9.17) is 21.1 Å². The maximum Gasteiger partial charge on any atom is 0.161 e. The highest BCUT2D eigenvalue weighted by Crippen LogP contribution is 2.29. The van der Waals surface area contributed by atoms with Crippen molar-refractivity contribution in [1.82, 2.24) is 4.98 Å². The summed E-state index contributed by atoms with van der Waals surface area (Å²) in [5, 5.41) is 3.79. The molecular formula is C16H19ClN2O2. The molecule has 0 aliphatic carbocycles. The van der Waals surface area contributed by atoms with Crippen LogP contribution in [0.3, 0.4) is 0 Å². The molecule has 2 rings (SSSR count). The second kappa shape index (κ2) is 7.18.